The molecule has 0 aromatic heterocycles. The molecule has 0 saturated heterocycles. The first-order chi connectivity index (χ1) is 72.0. The molecule has 148 heavy (non-hydrogen) atoms. The molecule has 30 rings (SSSR count). The van der Waals surface area contributed by atoms with Crippen LogP contribution in [-0.2, 0) is 22.4 Å². The van der Waals surface area contributed by atoms with Gasteiger partial charge in [0.2, 0.25) is 11.6 Å². The number of rotatable bonds is 8. The van der Waals surface area contributed by atoms with E-state index in [4.69, 9.17) is 4.74 Å². The predicted molar refractivity (Wildman–Crippen MR) is 593 cm³/mol. The number of Topliss-reactive ketones (excluding diaryl/α,β-unsaturated/α-hetero) is 2. The number of fused-ring (bicyclic) bond motifs is 22. The van der Waals surface area contributed by atoms with Gasteiger partial charge in [0, 0.05) is 88.8 Å². The van der Waals surface area contributed by atoms with Crippen LogP contribution in [0.5, 0.6) is 11.5 Å². The molecule has 23 aromatic rings. The minimum absolute atomic E-state index is 0. The summed E-state index contributed by atoms with van der Waals surface area (Å²) in [6.45, 7) is 0. The van der Waals surface area contributed by atoms with Gasteiger partial charge in [0.15, 0.2) is 11.6 Å². The molecule has 2 unspecified atom stereocenters. The number of hydrogen-bond acceptors (Lipinski definition) is 10. The van der Waals surface area contributed by atoms with Crippen LogP contribution in [0.15, 0.2) is 504 Å². The van der Waals surface area contributed by atoms with Crippen molar-refractivity contribution >= 4 is 83.3 Å². The first-order valence-corrected chi connectivity index (χ1v) is 49.1. The van der Waals surface area contributed by atoms with E-state index >= 15 is 0 Å². The molecule has 2 atom stereocenters. The lowest BCUT2D eigenvalue weighted by Crippen LogP contribution is -2.26. The van der Waals surface area contributed by atoms with Crippen LogP contribution in [0, 0.1) is 0 Å². The fraction of sp³-hybridized carbons (Fsp3) is 0.0362. The number of carbonyl (C=O) groups is 5. The Hall–Kier alpha value is -18.7. The molecule has 0 spiro atoms. The van der Waals surface area contributed by atoms with Crippen molar-refractivity contribution in [1.29, 1.82) is 0 Å². The number of carbonyl (C=O) groups excluding carboxylic acids is 5. The highest BCUT2D eigenvalue weighted by atomic mass is 16.5. The van der Waals surface area contributed by atoms with E-state index in [-0.39, 0.29) is 30.6 Å². The average molecular weight is 1910 g/mol. The number of benzene rings is 23. The molecule has 7 aliphatic carbocycles. The second-order valence-electron chi connectivity index (χ2n) is 38.0. The monoisotopic (exact) mass is 1910 g/mol. The molecule has 0 aliphatic heterocycles. The first kappa shape index (κ1) is 91.8. The Morgan fingerprint density at radius 1 is 0.176 bits per heavy atom. The van der Waals surface area contributed by atoms with Gasteiger partial charge in [-0.15, -0.1) is 0 Å². The molecule has 10 nitrogen and oxygen atoms in total. The van der Waals surface area contributed by atoms with Gasteiger partial charge in [-0.2, -0.15) is 0 Å². The van der Waals surface area contributed by atoms with Gasteiger partial charge in [-0.3, -0.25) is 24.0 Å². The lowest BCUT2D eigenvalue weighted by molar-refractivity contribution is 0.0825. The summed E-state index contributed by atoms with van der Waals surface area (Å²) in [4.78, 5) is 57.7. The van der Waals surface area contributed by atoms with Crippen molar-refractivity contribution in [2.45, 2.75) is 29.8 Å². The molecule has 4 N–H and O–H groups in total. The Kier molecular flexibility index (Phi) is 22.9. The molecule has 10 heteroatoms. The molecule has 0 bridgehead atoms. The van der Waals surface area contributed by atoms with E-state index in [2.05, 4.69) is 121 Å². The molecule has 0 fully saturated rings. The molecule has 23 aromatic carbocycles. The van der Waals surface area contributed by atoms with E-state index < -0.39 is 22.4 Å². The first-order valence-electron chi connectivity index (χ1n) is 49.1. The molecule has 0 heterocycles. The van der Waals surface area contributed by atoms with E-state index in [0.717, 1.165) is 222 Å². The van der Waals surface area contributed by atoms with Gasteiger partial charge in [-0.1, -0.05) is 444 Å². The van der Waals surface area contributed by atoms with E-state index in [1.165, 1.54) is 10.8 Å². The van der Waals surface area contributed by atoms with Crippen molar-refractivity contribution < 1.29 is 49.1 Å². The van der Waals surface area contributed by atoms with Crippen molar-refractivity contribution in [2.24, 2.45) is 0 Å². The summed E-state index contributed by atoms with van der Waals surface area (Å²) in [5.74, 6) is 0.856. The summed E-state index contributed by atoms with van der Waals surface area (Å²) >= 11 is 0. The Morgan fingerprint density at radius 2 is 0.412 bits per heavy atom. The highest BCUT2D eigenvalue weighted by Crippen LogP contribution is 2.57. The van der Waals surface area contributed by atoms with Crippen molar-refractivity contribution in [3.63, 3.8) is 0 Å². The molecular formula is C138H92O10. The molecule has 0 radical (unpaired) electrons. The van der Waals surface area contributed by atoms with Gasteiger partial charge in [0.25, 0.3) is 0 Å². The van der Waals surface area contributed by atoms with Crippen LogP contribution in [0.4, 0.5) is 0 Å². The summed E-state index contributed by atoms with van der Waals surface area (Å²) in [5, 5.41) is 60.1. The average Bonchev–Trinajstić information content (AvgIpc) is 1.55. The third kappa shape index (κ3) is 15.1. The normalized spacial score (nSPS) is 15.1. The fourth-order valence-electron chi connectivity index (χ4n) is 23.0. The van der Waals surface area contributed by atoms with Crippen LogP contribution in [0.3, 0.4) is 0 Å². The third-order valence-electron chi connectivity index (χ3n) is 30.1. The second-order valence-corrected chi connectivity index (χ2v) is 38.0. The van der Waals surface area contributed by atoms with Gasteiger partial charge in [0.05, 0.1) is 0 Å². The Bertz CT molecular complexity index is 8870. The maximum Gasteiger partial charge on any atom is 0.234 e. The van der Waals surface area contributed by atoms with Crippen LogP contribution in [0.25, 0.3) is 132 Å². The predicted octanol–water partition coefficient (Wildman–Crippen LogP) is 30.7. The van der Waals surface area contributed by atoms with E-state index in [1.54, 1.807) is 24.3 Å². The smallest absolute Gasteiger partial charge is 0.234 e. The summed E-state index contributed by atoms with van der Waals surface area (Å²) in [6.07, 6.45) is 0.867. The lowest BCUT2D eigenvalue weighted by atomic mass is 9.83. The lowest BCUT2D eigenvalue weighted by Gasteiger charge is -2.27. The Morgan fingerprint density at radius 3 is 0.750 bits per heavy atom. The van der Waals surface area contributed by atoms with Crippen molar-refractivity contribution in [2.75, 3.05) is 0 Å². The summed E-state index contributed by atoms with van der Waals surface area (Å²) in [6, 6.07) is 166. The van der Waals surface area contributed by atoms with Gasteiger partial charge in [-0.05, 0) is 215 Å². The Balaban J connectivity index is 0.000000104. The van der Waals surface area contributed by atoms with Gasteiger partial charge < -0.3 is 25.2 Å². The molecular weight excluding hydrogens is 1820 g/mol. The standard InChI is InChI=1S/C46H30O3.C38H26O2.C17H10O.C13H8O.C12H6O2.C11H8O.CH4/c47-45(41-15-7-5-13-37(41)39-25-29-9-1-3-11-31(29)27-43(39)45)33-17-21-35(22-18-33)49-36-23-19-34(20-24-36)46(48)42-16-8-6-14-38(42)40-26-30-10-2-4-12-32(30)28-44(40)46;39-37(33-13-5-1-9-29(33)30-10-2-6-14-34(30)37)27-21-17-25(18-22-27)26-19-23-28(24-20-26)38(40)35-15-7-3-11-31(35)32-12-4-8-16-36(32)38;18-17-14-8-4-3-7-13(14)15-9-11-5-1-2-6-12(11)10-16(15)17;14-13-11-7-3-1-5-9(11)10-6-2-4-8-12(10)13;13-11-8-5-1-3-7-4-2-6-9(10(7)8)12(11)14;12-8-9-5-6-10-3-1-2-4-11(10)7-9;/h1-28,47-48H;1-24,39-40H;1-10H;1-8H;1-6H;1-8H;1H4. The second kappa shape index (κ2) is 37.0. The zero-order chi connectivity index (χ0) is 99.4. The van der Waals surface area contributed by atoms with Crippen molar-refractivity contribution in [3.8, 4) is 89.4 Å². The van der Waals surface area contributed by atoms with E-state index in [1.807, 2.05) is 358 Å². The zero-order valence-corrected chi connectivity index (χ0v) is 79.2. The van der Waals surface area contributed by atoms with Crippen LogP contribution in [-0.4, -0.2) is 49.8 Å². The molecule has 7 aliphatic rings. The molecule has 0 saturated carbocycles. The summed E-state index contributed by atoms with van der Waals surface area (Å²) in [5.41, 5.74) is 25.5. The minimum Gasteiger partial charge on any atom is -0.457 e. The highest BCUT2D eigenvalue weighted by molar-refractivity contribution is 6.57. The minimum atomic E-state index is -1.29. The van der Waals surface area contributed by atoms with Crippen LogP contribution in [0.1, 0.15) is 137 Å². The number of ketones is 4. The number of ether oxygens (including phenoxy) is 1. The fourth-order valence-corrected chi connectivity index (χ4v) is 23.0. The quantitative estimate of drug-likeness (QED) is 0.0846. The van der Waals surface area contributed by atoms with Crippen molar-refractivity contribution in [3.05, 3.63) is 609 Å². The number of hydrogen-bond donors (Lipinski definition) is 4. The third-order valence-corrected chi connectivity index (χ3v) is 30.1. The van der Waals surface area contributed by atoms with Gasteiger partial charge in [0.1, 0.15) is 40.2 Å². The topological polar surface area (TPSA) is 175 Å². The van der Waals surface area contributed by atoms with Crippen molar-refractivity contribution in [1.82, 2.24) is 0 Å². The highest BCUT2D eigenvalue weighted by Gasteiger charge is 2.48. The van der Waals surface area contributed by atoms with Crippen LogP contribution < -0.4 is 4.74 Å². The summed E-state index contributed by atoms with van der Waals surface area (Å²) < 4.78 is 6.31. The number of aldehydes is 1. The van der Waals surface area contributed by atoms with Crippen LogP contribution >= 0.6 is 0 Å². The summed E-state index contributed by atoms with van der Waals surface area (Å²) in [7, 11) is 0. The van der Waals surface area contributed by atoms with Gasteiger partial charge in [-0.25, -0.2) is 0 Å². The molecule has 704 valence electrons. The van der Waals surface area contributed by atoms with Gasteiger partial charge >= 0.3 is 0 Å². The van der Waals surface area contributed by atoms with E-state index in [9.17, 15) is 44.4 Å². The maximum absolute atomic E-state index is 12.5. The largest absolute Gasteiger partial charge is 0.457 e. The SMILES string of the molecule is C.O=C1C(=O)c2cccc3cccc1c23.O=C1c2ccccc2-c2cc3ccccc3cc21.O=C1c2ccccc2-c2ccccc21.O=Cc1ccc2ccccc2c1.OC1(c2ccc(-c3ccc(C4(O)c5ccccc5-c5ccccc54)cc3)cc2)c2ccccc2-c2ccccc21.OC1(c2ccc(Oc3ccc(C4(O)c5ccccc5-c5cc6ccccc6cc54)cc3)cc2)c2ccccc2-c2cc3ccccc3cc21. The molecule has 0 amide bonds. The zero-order valence-electron chi connectivity index (χ0n) is 79.2. The van der Waals surface area contributed by atoms with Crippen LogP contribution in [0.2, 0.25) is 0 Å². The van der Waals surface area contributed by atoms with E-state index in [0.29, 0.717) is 22.6 Å². The number of aliphatic hydroxyl groups is 4. The Labute approximate surface area is 855 Å². The maximum atomic E-state index is 12.5.